The van der Waals surface area contributed by atoms with Crippen LogP contribution in [-0.4, -0.2) is 26.8 Å². The average molecular weight is 464 g/mol. The van der Waals surface area contributed by atoms with Crippen LogP contribution in [0.25, 0.3) is 10.4 Å². The number of carbonyl (C=O) groups excluding carboxylic acids is 1. The summed E-state index contributed by atoms with van der Waals surface area (Å²) < 4.78 is 15.4. The van der Waals surface area contributed by atoms with E-state index in [0.29, 0.717) is 24.9 Å². The maximum absolute atomic E-state index is 12.7. The number of aromatic nitrogens is 3. The number of nitrogens with one attached hydrogen (secondary N) is 1. The number of thiophene rings is 1. The van der Waals surface area contributed by atoms with Gasteiger partial charge in [0.15, 0.2) is 0 Å². The van der Waals surface area contributed by atoms with E-state index in [0.717, 1.165) is 38.6 Å². The molecular formula is C21H23ClFN5O2S. The predicted molar refractivity (Wildman–Crippen MR) is 123 cm³/mol. The van der Waals surface area contributed by atoms with E-state index in [1.54, 1.807) is 11.3 Å². The molecule has 0 spiro atoms. The van der Waals surface area contributed by atoms with Gasteiger partial charge >= 0.3 is 5.69 Å². The molecule has 3 aromatic rings. The van der Waals surface area contributed by atoms with Gasteiger partial charge in [-0.05, 0) is 59.9 Å². The van der Waals surface area contributed by atoms with E-state index in [2.05, 4.69) is 22.5 Å². The number of hydrogen-bond donors (Lipinski definition) is 2. The Balaban J connectivity index is 0.00000272. The van der Waals surface area contributed by atoms with Crippen molar-refractivity contribution in [2.45, 2.75) is 32.9 Å². The second-order valence-corrected chi connectivity index (χ2v) is 8.48. The Morgan fingerprint density at radius 2 is 2.13 bits per heavy atom. The second-order valence-electron chi connectivity index (χ2n) is 7.31. The van der Waals surface area contributed by atoms with Gasteiger partial charge in [-0.3, -0.25) is 9.36 Å². The second kappa shape index (κ2) is 9.59. The van der Waals surface area contributed by atoms with E-state index in [-0.39, 0.29) is 37.1 Å². The first-order chi connectivity index (χ1) is 14.5. The van der Waals surface area contributed by atoms with Gasteiger partial charge in [0.25, 0.3) is 0 Å². The molecule has 0 aliphatic carbocycles. The number of fused-ring (bicyclic) bond motifs is 1. The first-order valence-corrected chi connectivity index (χ1v) is 10.4. The minimum atomic E-state index is -0.307. The summed E-state index contributed by atoms with van der Waals surface area (Å²) in [5.41, 5.74) is 9.66. The third kappa shape index (κ3) is 4.79. The zero-order chi connectivity index (χ0) is 21.3. The molecule has 0 saturated heterocycles. The molecule has 164 valence electrons. The number of amides is 1. The van der Waals surface area contributed by atoms with Crippen LogP contribution in [0.1, 0.15) is 22.4 Å². The standard InChI is InChI=1S/C21H22FN5O2S.ClH/c1-13-6-16(7-15-2-5-19(28)25-20(13)15)18-4-3-17(30-18)11-26-12-24-27(21(26)29)10-14(8-22)9-23;/h3-4,6-8,12H,2,5,9-11,23H2,1H3,(H,25,28);1H/b14-8-;. The fraction of sp³-hybridized carbons (Fsp3) is 0.286. The van der Waals surface area contributed by atoms with Crippen LogP contribution in [0, 0.1) is 6.92 Å². The van der Waals surface area contributed by atoms with Crippen LogP contribution in [0.4, 0.5) is 10.1 Å². The van der Waals surface area contributed by atoms with Crippen molar-refractivity contribution in [3.8, 4) is 10.4 Å². The Kier molecular flexibility index (Phi) is 7.09. The normalized spacial score (nSPS) is 13.5. The molecule has 3 heterocycles. The summed E-state index contributed by atoms with van der Waals surface area (Å²) in [7, 11) is 0. The number of nitrogens with two attached hydrogens (primary N) is 1. The molecule has 4 rings (SSSR count). The van der Waals surface area contributed by atoms with E-state index in [1.165, 1.54) is 15.6 Å². The van der Waals surface area contributed by atoms with E-state index in [4.69, 9.17) is 5.73 Å². The van der Waals surface area contributed by atoms with Crippen LogP contribution in [0.2, 0.25) is 0 Å². The van der Waals surface area contributed by atoms with Gasteiger partial charge in [-0.15, -0.1) is 23.7 Å². The number of carbonyl (C=O) groups is 1. The molecule has 10 heteroatoms. The first-order valence-electron chi connectivity index (χ1n) is 9.61. The number of benzene rings is 1. The van der Waals surface area contributed by atoms with Crippen LogP contribution in [0.5, 0.6) is 0 Å². The number of rotatable bonds is 6. The summed E-state index contributed by atoms with van der Waals surface area (Å²) in [4.78, 5) is 26.3. The van der Waals surface area contributed by atoms with Crippen LogP contribution in [-0.2, 0) is 24.3 Å². The zero-order valence-electron chi connectivity index (χ0n) is 16.9. The molecule has 7 nitrogen and oxygen atoms in total. The van der Waals surface area contributed by atoms with Crippen molar-refractivity contribution in [1.29, 1.82) is 0 Å². The van der Waals surface area contributed by atoms with Crippen LogP contribution >= 0.6 is 23.7 Å². The molecule has 2 aromatic heterocycles. The average Bonchev–Trinajstić information content (AvgIpc) is 3.34. The van der Waals surface area contributed by atoms with Crippen molar-refractivity contribution in [2.24, 2.45) is 5.73 Å². The molecule has 0 fully saturated rings. The van der Waals surface area contributed by atoms with Gasteiger partial charge in [0.1, 0.15) is 6.33 Å². The highest BCUT2D eigenvalue weighted by molar-refractivity contribution is 7.15. The monoisotopic (exact) mass is 463 g/mol. The Labute approximate surface area is 188 Å². The Hall–Kier alpha value is -2.75. The van der Waals surface area contributed by atoms with E-state index in [1.807, 2.05) is 19.1 Å². The maximum Gasteiger partial charge on any atom is 0.346 e. The van der Waals surface area contributed by atoms with Gasteiger partial charge in [0, 0.05) is 28.4 Å². The van der Waals surface area contributed by atoms with E-state index in [9.17, 15) is 14.0 Å². The Morgan fingerprint density at radius 3 is 2.87 bits per heavy atom. The molecule has 0 saturated carbocycles. The number of halogens is 2. The minimum absolute atomic E-state index is 0. The van der Waals surface area contributed by atoms with Crippen molar-refractivity contribution in [1.82, 2.24) is 14.3 Å². The van der Waals surface area contributed by atoms with Gasteiger partial charge in [-0.1, -0.05) is 0 Å². The lowest BCUT2D eigenvalue weighted by molar-refractivity contribution is -0.116. The molecule has 0 atom stereocenters. The molecule has 1 aliphatic heterocycles. The topological polar surface area (TPSA) is 94.9 Å². The van der Waals surface area contributed by atoms with Crippen LogP contribution in [0.15, 0.2) is 47.3 Å². The lowest BCUT2D eigenvalue weighted by Crippen LogP contribution is -2.26. The van der Waals surface area contributed by atoms with Crippen molar-refractivity contribution in [3.63, 3.8) is 0 Å². The fourth-order valence-corrected chi connectivity index (χ4v) is 4.53. The summed E-state index contributed by atoms with van der Waals surface area (Å²) in [5, 5.41) is 7.01. The molecule has 0 bridgehead atoms. The number of aryl methyl sites for hydroxylation is 2. The quantitative estimate of drug-likeness (QED) is 0.586. The van der Waals surface area contributed by atoms with Gasteiger partial charge in [-0.25, -0.2) is 13.9 Å². The number of nitrogens with zero attached hydrogens (tertiary/aromatic N) is 3. The summed E-state index contributed by atoms with van der Waals surface area (Å²) in [6, 6.07) is 8.23. The van der Waals surface area contributed by atoms with Gasteiger partial charge in [0.2, 0.25) is 5.91 Å². The molecule has 3 N–H and O–H groups in total. The number of anilines is 1. The highest BCUT2D eigenvalue weighted by Gasteiger charge is 2.18. The Bertz CT molecular complexity index is 1200. The molecule has 0 radical (unpaired) electrons. The molecule has 0 unspecified atom stereocenters. The molecular weight excluding hydrogens is 441 g/mol. The van der Waals surface area contributed by atoms with Crippen LogP contribution < -0.4 is 16.7 Å². The molecule has 31 heavy (non-hydrogen) atoms. The minimum Gasteiger partial charge on any atom is -0.327 e. The van der Waals surface area contributed by atoms with Crippen molar-refractivity contribution >= 4 is 35.3 Å². The SMILES string of the molecule is Cc1cc(-c2ccc(Cn3cnn(C/C(=C\F)CN)c3=O)s2)cc2c1NC(=O)CC2.Cl. The maximum atomic E-state index is 12.7. The predicted octanol–water partition coefficient (Wildman–Crippen LogP) is 3.25. The first kappa shape index (κ1) is 22.9. The fourth-order valence-electron chi connectivity index (χ4n) is 3.54. The third-order valence-corrected chi connectivity index (χ3v) is 6.26. The van der Waals surface area contributed by atoms with Crippen molar-refractivity contribution in [2.75, 3.05) is 11.9 Å². The number of hydrogen-bond acceptors (Lipinski definition) is 5. The summed E-state index contributed by atoms with van der Waals surface area (Å²) in [6.07, 6.45) is 3.12. The molecule has 1 amide bonds. The lowest BCUT2D eigenvalue weighted by Gasteiger charge is -2.20. The summed E-state index contributed by atoms with van der Waals surface area (Å²) in [6.45, 7) is 2.46. The van der Waals surface area contributed by atoms with Gasteiger partial charge in [0.05, 0.1) is 19.4 Å². The highest BCUT2D eigenvalue weighted by Crippen LogP contribution is 2.35. The third-order valence-electron chi connectivity index (χ3n) is 5.14. The van der Waals surface area contributed by atoms with Crippen LogP contribution in [0.3, 0.4) is 0 Å². The summed E-state index contributed by atoms with van der Waals surface area (Å²) >= 11 is 1.61. The largest absolute Gasteiger partial charge is 0.346 e. The van der Waals surface area contributed by atoms with Crippen molar-refractivity contribution in [3.05, 3.63) is 69.0 Å². The molecule has 1 aromatic carbocycles. The van der Waals surface area contributed by atoms with E-state index >= 15 is 0 Å². The highest BCUT2D eigenvalue weighted by atomic mass is 35.5. The Morgan fingerprint density at radius 1 is 1.32 bits per heavy atom. The zero-order valence-corrected chi connectivity index (χ0v) is 18.6. The van der Waals surface area contributed by atoms with E-state index < -0.39 is 0 Å². The van der Waals surface area contributed by atoms with Gasteiger partial charge in [-0.2, -0.15) is 5.10 Å². The van der Waals surface area contributed by atoms with Gasteiger partial charge < -0.3 is 11.1 Å². The lowest BCUT2D eigenvalue weighted by atomic mass is 9.96. The molecule has 1 aliphatic rings. The van der Waals surface area contributed by atoms with Crippen molar-refractivity contribution < 1.29 is 9.18 Å². The summed E-state index contributed by atoms with van der Waals surface area (Å²) in [5.74, 6) is 0.0586. The smallest absolute Gasteiger partial charge is 0.327 e.